The number of H-pyrrole nitrogens is 1. The number of amides is 1. The fourth-order valence-electron chi connectivity index (χ4n) is 4.11. The van der Waals surface area contributed by atoms with Gasteiger partial charge < -0.3 is 10.3 Å². The molecular weight excluding hydrogens is 386 g/mol. The lowest BCUT2D eigenvalue weighted by molar-refractivity contribution is 0.0952. The maximum atomic E-state index is 12.9. The summed E-state index contributed by atoms with van der Waals surface area (Å²) in [6, 6.07) is 18.3. The van der Waals surface area contributed by atoms with Gasteiger partial charge in [-0.1, -0.05) is 48.5 Å². The Labute approximate surface area is 179 Å². The maximum Gasteiger partial charge on any atom is 0.254 e. The summed E-state index contributed by atoms with van der Waals surface area (Å²) < 4.78 is 1.77. The summed E-state index contributed by atoms with van der Waals surface area (Å²) in [4.78, 5) is 20.7. The number of hydrogen-bond acceptors (Lipinski definition) is 3. The van der Waals surface area contributed by atoms with Gasteiger partial charge in [0, 0.05) is 35.4 Å². The number of hydrogen-bond donors (Lipinski definition) is 2. The van der Waals surface area contributed by atoms with Gasteiger partial charge in [-0.25, -0.2) is 9.50 Å². The molecule has 0 aliphatic carbocycles. The van der Waals surface area contributed by atoms with E-state index in [1.54, 1.807) is 10.7 Å². The van der Waals surface area contributed by atoms with E-state index in [1.807, 2.05) is 62.5 Å². The molecule has 31 heavy (non-hydrogen) atoms. The number of rotatable bonds is 5. The molecule has 1 amide bonds. The van der Waals surface area contributed by atoms with E-state index < -0.39 is 0 Å². The molecule has 154 valence electrons. The molecule has 0 aliphatic heterocycles. The highest BCUT2D eigenvalue weighted by Gasteiger charge is 2.18. The second-order valence-corrected chi connectivity index (χ2v) is 7.68. The third-order valence-electron chi connectivity index (χ3n) is 5.72. The Balaban J connectivity index is 1.37. The number of para-hydroxylation sites is 1. The van der Waals surface area contributed by atoms with Crippen LogP contribution in [0.1, 0.15) is 27.3 Å². The Bertz CT molecular complexity index is 1400. The Kier molecular flexibility index (Phi) is 4.75. The second-order valence-electron chi connectivity index (χ2n) is 7.68. The zero-order valence-electron chi connectivity index (χ0n) is 17.5. The van der Waals surface area contributed by atoms with Crippen molar-refractivity contribution in [1.82, 2.24) is 24.9 Å². The number of carbonyl (C=O) groups excluding carboxylic acids is 1. The van der Waals surface area contributed by atoms with Crippen LogP contribution in [0.2, 0.25) is 0 Å². The van der Waals surface area contributed by atoms with Gasteiger partial charge in [-0.05, 0) is 37.5 Å². The molecular formula is C25H23N5O. The molecule has 3 heterocycles. The van der Waals surface area contributed by atoms with Crippen LogP contribution in [-0.2, 0) is 6.42 Å². The Morgan fingerprint density at radius 2 is 1.84 bits per heavy atom. The fourth-order valence-corrected chi connectivity index (χ4v) is 4.11. The highest BCUT2D eigenvalue weighted by Crippen LogP contribution is 2.28. The molecule has 5 aromatic rings. The molecule has 0 atom stereocenters. The van der Waals surface area contributed by atoms with E-state index in [0.29, 0.717) is 12.1 Å². The van der Waals surface area contributed by atoms with E-state index in [1.165, 1.54) is 10.9 Å². The van der Waals surface area contributed by atoms with Crippen LogP contribution in [0.3, 0.4) is 0 Å². The van der Waals surface area contributed by atoms with Crippen molar-refractivity contribution >= 4 is 22.5 Å². The average molecular weight is 409 g/mol. The molecule has 0 radical (unpaired) electrons. The summed E-state index contributed by atoms with van der Waals surface area (Å²) in [7, 11) is 0. The van der Waals surface area contributed by atoms with Gasteiger partial charge in [0.15, 0.2) is 5.65 Å². The summed E-state index contributed by atoms with van der Waals surface area (Å²) >= 11 is 0. The normalized spacial score (nSPS) is 11.3. The number of aromatic amines is 1. The van der Waals surface area contributed by atoms with Gasteiger partial charge in [0.05, 0.1) is 17.0 Å². The molecule has 0 fully saturated rings. The maximum absolute atomic E-state index is 12.9. The standard InChI is InChI=1S/C25H23N5O/c1-16-23(18-8-4-3-5-9-18)24-28-15-21(17(2)30(24)29-16)25(31)26-13-12-19-14-27-22-11-7-6-10-20(19)22/h3-11,14-15,27H,12-13H2,1-2H3,(H,26,31). The predicted octanol–water partition coefficient (Wildman–Crippen LogP) is 4.47. The Morgan fingerprint density at radius 1 is 1.06 bits per heavy atom. The number of carbonyl (C=O) groups is 1. The number of nitrogens with one attached hydrogen (secondary N) is 2. The molecule has 5 rings (SSSR count). The molecule has 0 saturated carbocycles. The summed E-state index contributed by atoms with van der Waals surface area (Å²) in [5.41, 5.74) is 7.32. The highest BCUT2D eigenvalue weighted by atomic mass is 16.1. The van der Waals surface area contributed by atoms with Crippen molar-refractivity contribution in [1.29, 1.82) is 0 Å². The molecule has 3 aromatic heterocycles. The number of aromatic nitrogens is 4. The zero-order chi connectivity index (χ0) is 21.4. The van der Waals surface area contributed by atoms with Gasteiger partial charge in [-0.15, -0.1) is 0 Å². The van der Waals surface area contributed by atoms with Gasteiger partial charge in [-0.2, -0.15) is 5.10 Å². The molecule has 0 unspecified atom stereocenters. The summed E-state index contributed by atoms with van der Waals surface area (Å²) in [5, 5.41) is 8.88. The monoisotopic (exact) mass is 409 g/mol. The minimum Gasteiger partial charge on any atom is -0.361 e. The first kappa shape index (κ1) is 19.1. The first-order chi connectivity index (χ1) is 15.1. The van der Waals surface area contributed by atoms with Gasteiger partial charge in [0.2, 0.25) is 0 Å². The van der Waals surface area contributed by atoms with E-state index in [4.69, 9.17) is 0 Å². The van der Waals surface area contributed by atoms with E-state index in [2.05, 4.69) is 32.5 Å². The van der Waals surface area contributed by atoms with Crippen LogP contribution in [0.25, 0.3) is 27.7 Å². The molecule has 0 bridgehead atoms. The number of aryl methyl sites for hydroxylation is 2. The second kappa shape index (κ2) is 7.72. The van der Waals surface area contributed by atoms with Crippen LogP contribution >= 0.6 is 0 Å². The van der Waals surface area contributed by atoms with Crippen LogP contribution < -0.4 is 5.32 Å². The average Bonchev–Trinajstić information content (AvgIpc) is 3.35. The largest absolute Gasteiger partial charge is 0.361 e. The lowest BCUT2D eigenvalue weighted by atomic mass is 10.1. The van der Waals surface area contributed by atoms with Crippen LogP contribution in [0, 0.1) is 13.8 Å². The predicted molar refractivity (Wildman–Crippen MR) is 122 cm³/mol. The van der Waals surface area contributed by atoms with Crippen LogP contribution in [-0.4, -0.2) is 32.0 Å². The van der Waals surface area contributed by atoms with Crippen molar-refractivity contribution in [3.63, 3.8) is 0 Å². The fraction of sp³-hybridized carbons (Fsp3) is 0.160. The SMILES string of the molecule is Cc1nn2c(C)c(C(=O)NCCc3c[nH]c4ccccc34)cnc2c1-c1ccccc1. The van der Waals surface area contributed by atoms with Gasteiger partial charge >= 0.3 is 0 Å². The quantitative estimate of drug-likeness (QED) is 0.450. The minimum atomic E-state index is -0.138. The van der Waals surface area contributed by atoms with Crippen molar-refractivity contribution < 1.29 is 4.79 Å². The number of benzene rings is 2. The van der Waals surface area contributed by atoms with Gasteiger partial charge in [0.1, 0.15) is 0 Å². The summed E-state index contributed by atoms with van der Waals surface area (Å²) in [5.74, 6) is -0.138. The Morgan fingerprint density at radius 3 is 2.68 bits per heavy atom. The highest BCUT2D eigenvalue weighted by molar-refractivity contribution is 5.95. The Hall–Kier alpha value is -3.93. The molecule has 6 nitrogen and oxygen atoms in total. The van der Waals surface area contributed by atoms with E-state index in [0.717, 1.165) is 40.1 Å². The van der Waals surface area contributed by atoms with Crippen LogP contribution in [0.5, 0.6) is 0 Å². The molecule has 6 heteroatoms. The van der Waals surface area contributed by atoms with Crippen molar-refractivity contribution in [3.05, 3.63) is 89.5 Å². The molecule has 2 N–H and O–H groups in total. The lowest BCUT2D eigenvalue weighted by Crippen LogP contribution is -2.27. The van der Waals surface area contributed by atoms with Crippen molar-refractivity contribution in [3.8, 4) is 11.1 Å². The van der Waals surface area contributed by atoms with Gasteiger partial charge in [0.25, 0.3) is 5.91 Å². The summed E-state index contributed by atoms with van der Waals surface area (Å²) in [6.45, 7) is 4.42. The third-order valence-corrected chi connectivity index (χ3v) is 5.72. The topological polar surface area (TPSA) is 75.1 Å². The molecule has 2 aromatic carbocycles. The zero-order valence-corrected chi connectivity index (χ0v) is 17.5. The van der Waals surface area contributed by atoms with E-state index in [9.17, 15) is 4.79 Å². The van der Waals surface area contributed by atoms with Crippen LogP contribution in [0.4, 0.5) is 0 Å². The van der Waals surface area contributed by atoms with Crippen molar-refractivity contribution in [2.24, 2.45) is 0 Å². The number of nitrogens with zero attached hydrogens (tertiary/aromatic N) is 3. The first-order valence-electron chi connectivity index (χ1n) is 10.4. The van der Waals surface area contributed by atoms with Crippen molar-refractivity contribution in [2.45, 2.75) is 20.3 Å². The number of fused-ring (bicyclic) bond motifs is 2. The van der Waals surface area contributed by atoms with Gasteiger partial charge in [-0.3, -0.25) is 4.79 Å². The van der Waals surface area contributed by atoms with Crippen molar-refractivity contribution in [2.75, 3.05) is 6.54 Å². The summed E-state index contributed by atoms with van der Waals surface area (Å²) in [6.07, 6.45) is 4.41. The van der Waals surface area contributed by atoms with E-state index >= 15 is 0 Å². The molecule has 0 spiro atoms. The molecule has 0 aliphatic rings. The van der Waals surface area contributed by atoms with Crippen LogP contribution in [0.15, 0.2) is 67.0 Å². The third kappa shape index (κ3) is 3.36. The lowest BCUT2D eigenvalue weighted by Gasteiger charge is -2.09. The van der Waals surface area contributed by atoms with E-state index in [-0.39, 0.29) is 5.91 Å². The smallest absolute Gasteiger partial charge is 0.254 e. The first-order valence-corrected chi connectivity index (χ1v) is 10.4. The minimum absolute atomic E-state index is 0.138. The molecule has 0 saturated heterocycles.